The third kappa shape index (κ3) is 4.27. The minimum atomic E-state index is -4.81. The Bertz CT molecular complexity index is 546. The topological polar surface area (TPSA) is 43.4 Å². The Morgan fingerprint density at radius 1 is 1.50 bits per heavy atom. The number of allylic oxidation sites excluding steroid dienone is 1. The van der Waals surface area contributed by atoms with Gasteiger partial charge in [0.05, 0.1) is 21.9 Å². The normalized spacial score (nSPS) is 13.9. The average molecular weight is 321 g/mol. The van der Waals surface area contributed by atoms with E-state index in [4.69, 9.17) is 11.6 Å². The molecule has 0 aliphatic heterocycles. The standard InChI is InChI=1S/C9H8ClF3O3S2/c1-2-16-18(14,15)5-6(9(11,12)13)7-3-4-8(10)17-7/h3-5H,2H2,1H3/b6-5-. The molecular formula is C9H8ClF3O3S2. The summed E-state index contributed by atoms with van der Waals surface area (Å²) in [6.07, 6.45) is -4.81. The lowest BCUT2D eigenvalue weighted by Crippen LogP contribution is -2.13. The van der Waals surface area contributed by atoms with E-state index < -0.39 is 21.9 Å². The molecule has 1 heterocycles. The van der Waals surface area contributed by atoms with Crippen LogP contribution >= 0.6 is 22.9 Å². The van der Waals surface area contributed by atoms with Crippen molar-refractivity contribution in [1.29, 1.82) is 0 Å². The first-order chi connectivity index (χ1) is 8.15. The van der Waals surface area contributed by atoms with Gasteiger partial charge in [0.15, 0.2) is 0 Å². The van der Waals surface area contributed by atoms with E-state index in [1.807, 2.05) is 0 Å². The molecule has 0 fully saturated rings. The zero-order valence-electron chi connectivity index (χ0n) is 8.99. The van der Waals surface area contributed by atoms with Crippen molar-refractivity contribution in [2.75, 3.05) is 6.61 Å². The fraction of sp³-hybridized carbons (Fsp3) is 0.333. The summed E-state index contributed by atoms with van der Waals surface area (Å²) in [6.45, 7) is 1.12. The van der Waals surface area contributed by atoms with Crippen molar-refractivity contribution in [3.05, 3.63) is 26.8 Å². The Kier molecular flexibility index (Phi) is 4.82. The van der Waals surface area contributed by atoms with E-state index in [0.717, 1.165) is 6.07 Å². The van der Waals surface area contributed by atoms with Gasteiger partial charge in [-0.3, -0.25) is 4.18 Å². The first kappa shape index (κ1) is 15.5. The SMILES string of the molecule is CCOS(=O)(=O)/C=C(/c1ccc(Cl)s1)C(F)(F)F. The highest BCUT2D eigenvalue weighted by Gasteiger charge is 2.37. The molecule has 3 nitrogen and oxygen atoms in total. The summed E-state index contributed by atoms with van der Waals surface area (Å²) in [5, 5.41) is 0.0681. The number of hydrogen-bond donors (Lipinski definition) is 0. The summed E-state index contributed by atoms with van der Waals surface area (Å²) >= 11 is 6.17. The molecular weight excluding hydrogens is 313 g/mol. The van der Waals surface area contributed by atoms with Gasteiger partial charge in [0, 0.05) is 4.88 Å². The van der Waals surface area contributed by atoms with Gasteiger partial charge in [-0.05, 0) is 19.1 Å². The van der Waals surface area contributed by atoms with E-state index in [1.54, 1.807) is 0 Å². The van der Waals surface area contributed by atoms with Crippen molar-refractivity contribution in [3.63, 3.8) is 0 Å². The third-order valence-corrected chi connectivity index (χ3v) is 4.04. The first-order valence-electron chi connectivity index (χ1n) is 4.60. The quantitative estimate of drug-likeness (QED) is 0.795. The number of hydrogen-bond acceptors (Lipinski definition) is 4. The van der Waals surface area contributed by atoms with Crippen molar-refractivity contribution in [3.8, 4) is 0 Å². The highest BCUT2D eigenvalue weighted by Crippen LogP contribution is 2.39. The van der Waals surface area contributed by atoms with Crippen LogP contribution in [0.2, 0.25) is 4.34 Å². The van der Waals surface area contributed by atoms with E-state index in [9.17, 15) is 21.6 Å². The Balaban J connectivity index is 3.28. The minimum absolute atomic E-state index is 0.0681. The van der Waals surface area contributed by atoms with Crippen LogP contribution in [0.25, 0.3) is 5.57 Å². The van der Waals surface area contributed by atoms with Gasteiger partial charge in [0.1, 0.15) is 0 Å². The van der Waals surface area contributed by atoms with Crippen LogP contribution in [0.5, 0.6) is 0 Å². The fourth-order valence-electron chi connectivity index (χ4n) is 1.07. The molecule has 1 aromatic heterocycles. The van der Waals surface area contributed by atoms with Crippen LogP contribution < -0.4 is 0 Å². The minimum Gasteiger partial charge on any atom is -0.267 e. The Hall–Kier alpha value is -0.570. The van der Waals surface area contributed by atoms with E-state index in [1.165, 1.54) is 13.0 Å². The number of halogens is 4. The van der Waals surface area contributed by atoms with E-state index >= 15 is 0 Å². The summed E-state index contributed by atoms with van der Waals surface area (Å²) in [7, 11) is -4.37. The lowest BCUT2D eigenvalue weighted by Gasteiger charge is -2.09. The van der Waals surface area contributed by atoms with Gasteiger partial charge in [-0.25, -0.2) is 0 Å². The van der Waals surface area contributed by atoms with Crippen molar-refractivity contribution in [2.45, 2.75) is 13.1 Å². The molecule has 18 heavy (non-hydrogen) atoms. The van der Waals surface area contributed by atoms with E-state index in [2.05, 4.69) is 4.18 Å². The van der Waals surface area contributed by atoms with Gasteiger partial charge in [-0.1, -0.05) is 11.6 Å². The zero-order valence-corrected chi connectivity index (χ0v) is 11.4. The second-order valence-electron chi connectivity index (χ2n) is 3.03. The van der Waals surface area contributed by atoms with Crippen molar-refractivity contribution >= 4 is 38.6 Å². The van der Waals surface area contributed by atoms with Crippen LogP contribution in [0.15, 0.2) is 17.5 Å². The molecule has 0 aliphatic carbocycles. The monoisotopic (exact) mass is 320 g/mol. The Labute approximate surface area is 111 Å². The van der Waals surface area contributed by atoms with Crippen LogP contribution in [0, 0.1) is 0 Å². The van der Waals surface area contributed by atoms with Crippen molar-refractivity contribution < 1.29 is 25.8 Å². The summed E-state index contributed by atoms with van der Waals surface area (Å²) in [4.78, 5) is -0.282. The molecule has 0 atom stereocenters. The third-order valence-electron chi connectivity index (χ3n) is 1.69. The largest absolute Gasteiger partial charge is 0.418 e. The molecule has 0 saturated carbocycles. The molecule has 0 aromatic carbocycles. The van der Waals surface area contributed by atoms with Gasteiger partial charge in [-0.2, -0.15) is 21.6 Å². The van der Waals surface area contributed by atoms with Gasteiger partial charge >= 0.3 is 6.18 Å². The summed E-state index contributed by atoms with van der Waals surface area (Å²) in [5.41, 5.74) is -1.30. The average Bonchev–Trinajstić information content (AvgIpc) is 2.59. The van der Waals surface area contributed by atoms with Crippen molar-refractivity contribution in [1.82, 2.24) is 0 Å². The molecule has 0 aliphatic rings. The van der Waals surface area contributed by atoms with Gasteiger partial charge in [0.2, 0.25) is 0 Å². The van der Waals surface area contributed by atoms with Crippen LogP contribution in [0.4, 0.5) is 13.2 Å². The van der Waals surface area contributed by atoms with Crippen LogP contribution in [0.3, 0.4) is 0 Å². The second kappa shape index (κ2) is 5.60. The van der Waals surface area contributed by atoms with Crippen molar-refractivity contribution in [2.24, 2.45) is 0 Å². The number of alkyl halides is 3. The molecule has 0 amide bonds. The van der Waals surface area contributed by atoms with Gasteiger partial charge < -0.3 is 0 Å². The molecule has 0 N–H and O–H groups in total. The van der Waals surface area contributed by atoms with Crippen LogP contribution in [0.1, 0.15) is 11.8 Å². The summed E-state index contributed by atoms with van der Waals surface area (Å²) < 4.78 is 65.1. The first-order valence-corrected chi connectivity index (χ1v) is 7.26. The number of thiophene rings is 1. The molecule has 0 spiro atoms. The molecule has 102 valence electrons. The smallest absolute Gasteiger partial charge is 0.267 e. The predicted molar refractivity (Wildman–Crippen MR) is 63.9 cm³/mol. The maximum atomic E-state index is 12.8. The highest BCUT2D eigenvalue weighted by molar-refractivity contribution is 7.89. The van der Waals surface area contributed by atoms with Gasteiger partial charge in [0.25, 0.3) is 10.1 Å². The fourth-order valence-corrected chi connectivity index (χ4v) is 3.17. The molecule has 1 rings (SSSR count). The lowest BCUT2D eigenvalue weighted by molar-refractivity contribution is -0.0686. The number of rotatable bonds is 4. The van der Waals surface area contributed by atoms with Crippen LogP contribution in [-0.2, 0) is 14.3 Å². The van der Waals surface area contributed by atoms with E-state index in [0.29, 0.717) is 11.3 Å². The second-order valence-corrected chi connectivity index (χ2v) is 6.20. The maximum Gasteiger partial charge on any atom is 0.418 e. The molecule has 0 radical (unpaired) electrons. The predicted octanol–water partition coefficient (Wildman–Crippen LogP) is 3.67. The molecule has 1 aromatic rings. The molecule has 0 unspecified atom stereocenters. The Morgan fingerprint density at radius 3 is 2.50 bits per heavy atom. The highest BCUT2D eigenvalue weighted by atomic mass is 35.5. The molecule has 0 bridgehead atoms. The maximum absolute atomic E-state index is 12.8. The van der Waals surface area contributed by atoms with Crippen LogP contribution in [-0.4, -0.2) is 21.2 Å². The Morgan fingerprint density at radius 2 is 2.11 bits per heavy atom. The lowest BCUT2D eigenvalue weighted by atomic mass is 10.2. The summed E-state index contributed by atoms with van der Waals surface area (Å²) in [6, 6.07) is 2.36. The molecule has 9 heteroatoms. The zero-order chi connectivity index (χ0) is 14.0. The van der Waals surface area contributed by atoms with Gasteiger partial charge in [-0.15, -0.1) is 11.3 Å². The summed E-state index contributed by atoms with van der Waals surface area (Å²) in [5.74, 6) is 0. The molecule has 0 saturated heterocycles. The van der Waals surface area contributed by atoms with E-state index in [-0.39, 0.29) is 21.2 Å².